The molecule has 1 aromatic carbocycles. The Balaban J connectivity index is 2.12. The van der Waals surface area contributed by atoms with Crippen molar-refractivity contribution in [2.45, 2.75) is 6.54 Å². The summed E-state index contributed by atoms with van der Waals surface area (Å²) in [5, 5.41) is 13.4. The number of nitro benzene ring substituents is 1. The number of hydrogen-bond donors (Lipinski definition) is 0. The Morgan fingerprint density at radius 2 is 2.19 bits per heavy atom. The summed E-state index contributed by atoms with van der Waals surface area (Å²) >= 11 is 7.45. The topological polar surface area (TPSA) is 78.0 Å². The molecule has 0 fully saturated rings. The third kappa shape index (κ3) is 2.53. The molecular formula is C13H8ClN3O3S. The molecule has 0 N–H and O–H groups in total. The van der Waals surface area contributed by atoms with Crippen molar-refractivity contribution in [2.75, 3.05) is 0 Å². The molecule has 0 saturated carbocycles. The Hall–Kier alpha value is -2.25. The summed E-state index contributed by atoms with van der Waals surface area (Å²) in [6, 6.07) is 5.80. The number of rotatable bonds is 3. The molecule has 21 heavy (non-hydrogen) atoms. The number of thiophene rings is 1. The molecule has 0 aliphatic carbocycles. The van der Waals surface area contributed by atoms with Crippen molar-refractivity contribution in [3.63, 3.8) is 0 Å². The maximum atomic E-state index is 12.4. The van der Waals surface area contributed by atoms with E-state index in [0.29, 0.717) is 17.1 Å². The largest absolute Gasteiger partial charge is 0.293 e. The van der Waals surface area contributed by atoms with Crippen molar-refractivity contribution in [1.82, 2.24) is 9.55 Å². The minimum Gasteiger partial charge on any atom is -0.293 e. The molecule has 0 bridgehead atoms. The van der Waals surface area contributed by atoms with Gasteiger partial charge in [0.2, 0.25) is 0 Å². The van der Waals surface area contributed by atoms with Gasteiger partial charge in [0.15, 0.2) is 0 Å². The Morgan fingerprint density at radius 3 is 2.86 bits per heavy atom. The number of fused-ring (bicyclic) bond motifs is 1. The van der Waals surface area contributed by atoms with Gasteiger partial charge < -0.3 is 0 Å². The van der Waals surface area contributed by atoms with Crippen LogP contribution in [-0.4, -0.2) is 14.5 Å². The fraction of sp³-hybridized carbons (Fsp3) is 0.0769. The summed E-state index contributed by atoms with van der Waals surface area (Å²) < 4.78 is 1.39. The monoisotopic (exact) mass is 321 g/mol. The molecule has 8 heteroatoms. The number of nitrogens with zero attached hydrogens (tertiary/aromatic N) is 3. The fourth-order valence-electron chi connectivity index (χ4n) is 1.97. The second-order valence-electron chi connectivity index (χ2n) is 4.33. The van der Waals surface area contributed by atoms with Crippen LogP contribution in [0.25, 0.3) is 10.9 Å². The van der Waals surface area contributed by atoms with Crippen molar-refractivity contribution in [3.05, 3.63) is 66.3 Å². The zero-order valence-corrected chi connectivity index (χ0v) is 12.1. The van der Waals surface area contributed by atoms with Crippen molar-refractivity contribution in [3.8, 4) is 0 Å². The lowest BCUT2D eigenvalue weighted by Gasteiger charge is -2.05. The van der Waals surface area contributed by atoms with E-state index in [9.17, 15) is 14.9 Å². The van der Waals surface area contributed by atoms with Crippen molar-refractivity contribution >= 4 is 39.5 Å². The van der Waals surface area contributed by atoms with Crippen LogP contribution in [0.5, 0.6) is 0 Å². The first-order chi connectivity index (χ1) is 10.1. The average molecular weight is 322 g/mol. The van der Waals surface area contributed by atoms with Crippen molar-refractivity contribution < 1.29 is 4.92 Å². The van der Waals surface area contributed by atoms with Gasteiger partial charge in [-0.15, -0.1) is 11.3 Å². The van der Waals surface area contributed by atoms with Crippen LogP contribution in [0.15, 0.2) is 40.8 Å². The highest BCUT2D eigenvalue weighted by molar-refractivity contribution is 7.10. The summed E-state index contributed by atoms with van der Waals surface area (Å²) in [5.74, 6) is 0. The van der Waals surface area contributed by atoms with E-state index < -0.39 is 4.92 Å². The van der Waals surface area contributed by atoms with E-state index in [1.807, 2.05) is 5.38 Å². The molecular weight excluding hydrogens is 314 g/mol. The molecule has 3 rings (SSSR count). The van der Waals surface area contributed by atoms with Crippen LogP contribution in [0, 0.1) is 10.1 Å². The quantitative estimate of drug-likeness (QED) is 0.548. The summed E-state index contributed by atoms with van der Waals surface area (Å²) in [5.41, 5.74) is -0.0272. The van der Waals surface area contributed by atoms with Gasteiger partial charge in [-0.1, -0.05) is 11.6 Å². The van der Waals surface area contributed by atoms with Crippen LogP contribution >= 0.6 is 22.9 Å². The van der Waals surface area contributed by atoms with Crippen LogP contribution in [0.2, 0.25) is 5.02 Å². The highest BCUT2D eigenvalue weighted by Gasteiger charge is 2.12. The fourth-order valence-corrected chi connectivity index (χ4v) is 3.06. The maximum absolute atomic E-state index is 12.4. The van der Waals surface area contributed by atoms with E-state index in [1.54, 1.807) is 6.07 Å². The molecule has 2 aromatic heterocycles. The summed E-state index contributed by atoms with van der Waals surface area (Å²) in [7, 11) is 0. The van der Waals surface area contributed by atoms with Gasteiger partial charge in [0.25, 0.3) is 11.2 Å². The van der Waals surface area contributed by atoms with Crippen LogP contribution < -0.4 is 5.56 Å². The first-order valence-electron chi connectivity index (χ1n) is 5.92. The third-order valence-corrected chi connectivity index (χ3v) is 4.40. The Bertz CT molecular complexity index is 903. The molecule has 0 spiro atoms. The summed E-state index contributed by atoms with van der Waals surface area (Å²) in [4.78, 5) is 27.7. The van der Waals surface area contributed by atoms with Crippen LogP contribution in [0.3, 0.4) is 0 Å². The van der Waals surface area contributed by atoms with Gasteiger partial charge in [-0.05, 0) is 17.5 Å². The predicted molar refractivity (Wildman–Crippen MR) is 81.1 cm³/mol. The molecule has 0 saturated heterocycles. The minimum atomic E-state index is -0.535. The zero-order chi connectivity index (χ0) is 15.0. The predicted octanol–water partition coefficient (Wildman–Crippen LogP) is 3.07. The Morgan fingerprint density at radius 1 is 1.38 bits per heavy atom. The Kier molecular flexibility index (Phi) is 3.44. The number of halogens is 1. The maximum Gasteiger partial charge on any atom is 0.270 e. The number of benzene rings is 1. The van der Waals surface area contributed by atoms with Crippen LogP contribution in [0.4, 0.5) is 5.69 Å². The standard InChI is InChI=1S/C13H8ClN3O3S/c14-10-3-4-21-12(10)6-16-7-15-11-2-1-8(17(19)20)5-9(11)13(16)18/h1-5,7H,6H2. The molecule has 0 radical (unpaired) electrons. The number of hydrogen-bond acceptors (Lipinski definition) is 5. The van der Waals surface area contributed by atoms with E-state index in [4.69, 9.17) is 11.6 Å². The van der Waals surface area contributed by atoms with Gasteiger partial charge >= 0.3 is 0 Å². The van der Waals surface area contributed by atoms with Crippen LogP contribution in [-0.2, 0) is 6.54 Å². The average Bonchev–Trinajstić information content (AvgIpc) is 2.87. The van der Waals surface area contributed by atoms with Gasteiger partial charge in [-0.25, -0.2) is 4.98 Å². The molecule has 0 atom stereocenters. The first-order valence-corrected chi connectivity index (χ1v) is 7.17. The summed E-state index contributed by atoms with van der Waals surface area (Å²) in [6.45, 7) is 0.293. The molecule has 0 unspecified atom stereocenters. The number of nitro groups is 1. The molecule has 0 amide bonds. The second kappa shape index (κ2) is 5.27. The first kappa shape index (κ1) is 13.7. The van der Waals surface area contributed by atoms with Gasteiger partial charge in [-0.2, -0.15) is 0 Å². The van der Waals surface area contributed by atoms with Gasteiger partial charge in [-0.3, -0.25) is 19.5 Å². The molecule has 2 heterocycles. The smallest absolute Gasteiger partial charge is 0.270 e. The lowest BCUT2D eigenvalue weighted by atomic mass is 10.2. The highest BCUT2D eigenvalue weighted by atomic mass is 35.5. The lowest BCUT2D eigenvalue weighted by molar-refractivity contribution is -0.384. The van der Waals surface area contributed by atoms with E-state index in [0.717, 1.165) is 4.88 Å². The van der Waals surface area contributed by atoms with Gasteiger partial charge in [0.05, 0.1) is 33.7 Å². The van der Waals surface area contributed by atoms with Gasteiger partial charge in [0, 0.05) is 17.0 Å². The zero-order valence-electron chi connectivity index (χ0n) is 10.5. The van der Waals surface area contributed by atoms with Crippen molar-refractivity contribution in [2.24, 2.45) is 0 Å². The number of non-ortho nitro benzene ring substituents is 1. The third-order valence-electron chi connectivity index (χ3n) is 3.02. The summed E-state index contributed by atoms with van der Waals surface area (Å²) in [6.07, 6.45) is 1.42. The highest BCUT2D eigenvalue weighted by Crippen LogP contribution is 2.23. The van der Waals surface area contributed by atoms with E-state index in [1.165, 1.54) is 40.4 Å². The SMILES string of the molecule is O=c1c2cc([N+](=O)[O-])ccc2ncn1Cc1sccc1Cl. The molecule has 106 valence electrons. The second-order valence-corrected chi connectivity index (χ2v) is 5.74. The number of aromatic nitrogens is 2. The molecule has 3 aromatic rings. The van der Waals surface area contributed by atoms with Gasteiger partial charge in [0.1, 0.15) is 0 Å². The Labute approximate surface area is 127 Å². The molecule has 6 nitrogen and oxygen atoms in total. The minimum absolute atomic E-state index is 0.131. The van der Waals surface area contributed by atoms with Crippen molar-refractivity contribution in [1.29, 1.82) is 0 Å². The lowest BCUT2D eigenvalue weighted by Crippen LogP contribution is -2.21. The van der Waals surface area contributed by atoms with E-state index in [2.05, 4.69) is 4.98 Å². The molecule has 0 aliphatic heterocycles. The van der Waals surface area contributed by atoms with E-state index in [-0.39, 0.29) is 16.6 Å². The van der Waals surface area contributed by atoms with E-state index >= 15 is 0 Å². The van der Waals surface area contributed by atoms with Crippen LogP contribution in [0.1, 0.15) is 4.88 Å². The molecule has 0 aliphatic rings. The normalized spacial score (nSPS) is 10.9.